The van der Waals surface area contributed by atoms with Crippen LogP contribution in [0, 0.1) is 5.92 Å². The summed E-state index contributed by atoms with van der Waals surface area (Å²) < 4.78 is 0. The van der Waals surface area contributed by atoms with Crippen molar-refractivity contribution in [1.29, 1.82) is 0 Å². The Morgan fingerprint density at radius 2 is 2.05 bits per heavy atom. The Labute approximate surface area is 123 Å². The zero-order valence-corrected chi connectivity index (χ0v) is 12.3. The van der Waals surface area contributed by atoms with E-state index in [1.165, 1.54) is 12.1 Å². The van der Waals surface area contributed by atoms with Crippen molar-refractivity contribution in [2.45, 2.75) is 6.92 Å². The molecular weight excluding hydrogens is 289 g/mol. The van der Waals surface area contributed by atoms with Crippen LogP contribution in [-0.2, 0) is 4.79 Å². The molecule has 0 bridgehead atoms. The van der Waals surface area contributed by atoms with Gasteiger partial charge in [0.05, 0.1) is 10.6 Å². The monoisotopic (exact) mass is 305 g/mol. The van der Waals surface area contributed by atoms with Gasteiger partial charge in [0.1, 0.15) is 0 Å². The largest absolute Gasteiger partial charge is 0.366 e. The summed E-state index contributed by atoms with van der Waals surface area (Å²) in [7, 11) is 1.78. The van der Waals surface area contributed by atoms with Crippen molar-refractivity contribution in [3.8, 4) is 0 Å². The minimum absolute atomic E-state index is 0. The number of hydrogen-bond acceptors (Lipinski definition) is 3. The van der Waals surface area contributed by atoms with Gasteiger partial charge in [0.25, 0.3) is 0 Å². The second kappa shape index (κ2) is 7.99. The van der Waals surface area contributed by atoms with Gasteiger partial charge in [-0.05, 0) is 25.2 Å². The average molecular weight is 306 g/mol. The van der Waals surface area contributed by atoms with Crippen LogP contribution in [0.1, 0.15) is 17.3 Å². The predicted molar refractivity (Wildman–Crippen MR) is 78.9 cm³/mol. The first-order valence-corrected chi connectivity index (χ1v) is 5.88. The Hall–Kier alpha value is -1.30. The van der Waals surface area contributed by atoms with E-state index in [0.29, 0.717) is 12.2 Å². The molecule has 0 saturated carbocycles. The van der Waals surface area contributed by atoms with Gasteiger partial charge >= 0.3 is 0 Å². The van der Waals surface area contributed by atoms with Crippen molar-refractivity contribution < 1.29 is 9.59 Å². The number of carbonyl (C=O) groups is 2. The molecule has 0 fully saturated rings. The normalized spacial score (nSPS) is 11.3. The number of halogens is 2. The van der Waals surface area contributed by atoms with Crippen LogP contribution in [-0.4, -0.2) is 25.4 Å². The summed E-state index contributed by atoms with van der Waals surface area (Å²) in [6, 6.07) is 4.62. The highest BCUT2D eigenvalue weighted by Gasteiger charge is 2.13. The van der Waals surface area contributed by atoms with E-state index in [2.05, 4.69) is 10.6 Å². The highest BCUT2D eigenvalue weighted by atomic mass is 35.5. The van der Waals surface area contributed by atoms with Crippen molar-refractivity contribution >= 4 is 41.5 Å². The first-order valence-electron chi connectivity index (χ1n) is 5.50. The Kier molecular flexibility index (Phi) is 7.44. The molecule has 0 aliphatic carbocycles. The molecule has 7 heteroatoms. The molecule has 0 spiro atoms. The van der Waals surface area contributed by atoms with E-state index in [1.807, 2.05) is 0 Å². The number of carbonyl (C=O) groups excluding carboxylic acids is 2. The minimum atomic E-state index is -0.626. The summed E-state index contributed by atoms with van der Waals surface area (Å²) in [4.78, 5) is 22.9. The summed E-state index contributed by atoms with van der Waals surface area (Å²) in [6.45, 7) is 2.37. The van der Waals surface area contributed by atoms with Gasteiger partial charge in [-0.3, -0.25) is 9.59 Å². The standard InChI is InChI=1S/C12H16ClN3O2.ClH/c1-7(6-15-2)12(18)16-8-3-4-10(13)9(5-8)11(14)17;/h3-5,7,15H,6H2,1-2H3,(H2,14,17)(H,16,18);1H. The highest BCUT2D eigenvalue weighted by molar-refractivity contribution is 6.33. The number of primary amides is 1. The smallest absolute Gasteiger partial charge is 0.250 e. The van der Waals surface area contributed by atoms with Crippen molar-refractivity contribution in [3.05, 3.63) is 28.8 Å². The molecule has 4 N–H and O–H groups in total. The fourth-order valence-electron chi connectivity index (χ4n) is 1.46. The van der Waals surface area contributed by atoms with Crippen molar-refractivity contribution in [1.82, 2.24) is 5.32 Å². The predicted octanol–water partition coefficient (Wildman–Crippen LogP) is 1.65. The number of benzene rings is 1. The van der Waals surface area contributed by atoms with Crippen LogP contribution in [0.2, 0.25) is 5.02 Å². The van der Waals surface area contributed by atoms with Gasteiger partial charge in [-0.1, -0.05) is 18.5 Å². The third kappa shape index (κ3) is 5.06. The maximum Gasteiger partial charge on any atom is 0.250 e. The van der Waals surface area contributed by atoms with Crippen LogP contribution in [0.15, 0.2) is 18.2 Å². The number of hydrogen-bond donors (Lipinski definition) is 3. The molecule has 2 amide bonds. The van der Waals surface area contributed by atoms with E-state index in [0.717, 1.165) is 0 Å². The first-order chi connectivity index (χ1) is 8.45. The lowest BCUT2D eigenvalue weighted by atomic mass is 10.1. The van der Waals surface area contributed by atoms with Crippen LogP contribution in [0.25, 0.3) is 0 Å². The third-order valence-corrected chi connectivity index (χ3v) is 2.79. The third-order valence-electron chi connectivity index (χ3n) is 2.46. The lowest BCUT2D eigenvalue weighted by molar-refractivity contribution is -0.119. The lowest BCUT2D eigenvalue weighted by Gasteiger charge is -2.12. The second-order valence-electron chi connectivity index (χ2n) is 4.01. The molecule has 1 unspecified atom stereocenters. The fraction of sp³-hybridized carbons (Fsp3) is 0.333. The van der Waals surface area contributed by atoms with Crippen molar-refractivity contribution in [3.63, 3.8) is 0 Å². The van der Waals surface area contributed by atoms with Gasteiger partial charge in [-0.15, -0.1) is 12.4 Å². The molecule has 1 rings (SSSR count). The summed E-state index contributed by atoms with van der Waals surface area (Å²) in [5.74, 6) is -0.941. The molecule has 19 heavy (non-hydrogen) atoms. The fourth-order valence-corrected chi connectivity index (χ4v) is 1.67. The Bertz CT molecular complexity index is 466. The van der Waals surface area contributed by atoms with Crippen LogP contribution in [0.4, 0.5) is 5.69 Å². The van der Waals surface area contributed by atoms with Gasteiger partial charge in [0, 0.05) is 18.2 Å². The van der Waals surface area contributed by atoms with E-state index in [-0.39, 0.29) is 34.8 Å². The summed E-state index contributed by atoms with van der Waals surface area (Å²) in [5, 5.41) is 5.89. The molecule has 1 atom stereocenters. The molecular formula is C12H17Cl2N3O2. The molecule has 1 aromatic carbocycles. The molecule has 1 aromatic rings. The molecule has 0 heterocycles. The van der Waals surface area contributed by atoms with Crippen molar-refractivity contribution in [2.24, 2.45) is 11.7 Å². The Balaban J connectivity index is 0.00000324. The molecule has 0 radical (unpaired) electrons. The number of anilines is 1. The highest BCUT2D eigenvalue weighted by Crippen LogP contribution is 2.20. The summed E-state index contributed by atoms with van der Waals surface area (Å²) in [6.07, 6.45) is 0. The molecule has 106 valence electrons. The summed E-state index contributed by atoms with van der Waals surface area (Å²) >= 11 is 5.82. The SMILES string of the molecule is CNCC(C)C(=O)Nc1ccc(Cl)c(C(N)=O)c1.Cl. The van der Waals surface area contributed by atoms with E-state index < -0.39 is 5.91 Å². The average Bonchev–Trinajstić information content (AvgIpc) is 2.31. The second-order valence-corrected chi connectivity index (χ2v) is 4.41. The van der Waals surface area contributed by atoms with Crippen LogP contribution < -0.4 is 16.4 Å². The topological polar surface area (TPSA) is 84.2 Å². The molecule has 5 nitrogen and oxygen atoms in total. The van der Waals surface area contributed by atoms with Gasteiger partial charge in [-0.2, -0.15) is 0 Å². The molecule has 0 aromatic heterocycles. The molecule has 0 aliphatic rings. The molecule has 0 aliphatic heterocycles. The van der Waals surface area contributed by atoms with Crippen molar-refractivity contribution in [2.75, 3.05) is 18.9 Å². The van der Waals surface area contributed by atoms with Gasteiger partial charge in [-0.25, -0.2) is 0 Å². The van der Waals surface area contributed by atoms with Gasteiger partial charge < -0.3 is 16.4 Å². The number of rotatable bonds is 5. The van der Waals surface area contributed by atoms with Crippen LogP contribution >= 0.6 is 24.0 Å². The quantitative estimate of drug-likeness (QED) is 0.773. The molecule has 0 saturated heterocycles. The lowest BCUT2D eigenvalue weighted by Crippen LogP contribution is -2.28. The van der Waals surface area contributed by atoms with E-state index in [9.17, 15) is 9.59 Å². The minimum Gasteiger partial charge on any atom is -0.366 e. The van der Waals surface area contributed by atoms with E-state index in [4.69, 9.17) is 17.3 Å². The first kappa shape index (κ1) is 17.7. The maximum absolute atomic E-state index is 11.8. The van der Waals surface area contributed by atoms with Gasteiger partial charge in [0.15, 0.2) is 0 Å². The maximum atomic E-state index is 11.8. The number of nitrogens with one attached hydrogen (secondary N) is 2. The Morgan fingerprint density at radius 1 is 1.42 bits per heavy atom. The van der Waals surface area contributed by atoms with Crippen LogP contribution in [0.5, 0.6) is 0 Å². The summed E-state index contributed by atoms with van der Waals surface area (Å²) in [5.41, 5.74) is 5.87. The van der Waals surface area contributed by atoms with E-state index in [1.54, 1.807) is 20.0 Å². The Morgan fingerprint density at radius 3 is 2.58 bits per heavy atom. The number of nitrogens with two attached hydrogens (primary N) is 1. The van der Waals surface area contributed by atoms with Crippen LogP contribution in [0.3, 0.4) is 0 Å². The zero-order valence-electron chi connectivity index (χ0n) is 10.7. The van der Waals surface area contributed by atoms with E-state index >= 15 is 0 Å². The zero-order chi connectivity index (χ0) is 13.7. The number of amides is 2. The van der Waals surface area contributed by atoms with Gasteiger partial charge in [0.2, 0.25) is 11.8 Å².